The number of hydrogen-bond acceptors (Lipinski definition) is 9. The Morgan fingerprint density at radius 2 is 1.76 bits per heavy atom. The topological polar surface area (TPSA) is 123 Å². The highest BCUT2D eigenvalue weighted by molar-refractivity contribution is 6.00. The lowest BCUT2D eigenvalue weighted by Crippen LogP contribution is -2.33. The second kappa shape index (κ2) is 9.76. The molecule has 1 atom stereocenters. The van der Waals surface area contributed by atoms with Crippen LogP contribution < -0.4 is 4.74 Å². The quantitative estimate of drug-likeness (QED) is 0.270. The van der Waals surface area contributed by atoms with Gasteiger partial charge in [-0.1, -0.05) is 0 Å². The van der Waals surface area contributed by atoms with Gasteiger partial charge in [0.25, 0.3) is 5.71 Å². The maximum Gasteiger partial charge on any atom is 0.320 e. The van der Waals surface area contributed by atoms with Crippen LogP contribution in [-0.2, 0) is 33.4 Å². The molecule has 10 heteroatoms. The van der Waals surface area contributed by atoms with Gasteiger partial charge in [-0.15, -0.1) is 0 Å². The molecule has 1 aromatic carbocycles. The second-order valence-corrected chi connectivity index (χ2v) is 6.16. The zero-order valence-corrected chi connectivity index (χ0v) is 16.6. The molecule has 29 heavy (non-hydrogen) atoms. The predicted molar refractivity (Wildman–Crippen MR) is 97.9 cm³/mol. The SMILES string of the molecule is COC(=O)CCC1=[N+]([O-])OC(CC(C(=O)OC)C(=O)OC)c2cc(OC)ccc21. The molecule has 0 saturated carbocycles. The first kappa shape index (κ1) is 22.0. The summed E-state index contributed by atoms with van der Waals surface area (Å²) >= 11 is 0. The van der Waals surface area contributed by atoms with Crippen LogP contribution in [0.15, 0.2) is 18.2 Å². The van der Waals surface area contributed by atoms with Gasteiger partial charge in [0.2, 0.25) is 0 Å². The Hall–Kier alpha value is -3.30. The van der Waals surface area contributed by atoms with Crippen LogP contribution in [0.5, 0.6) is 5.75 Å². The summed E-state index contributed by atoms with van der Waals surface area (Å²) in [5.74, 6) is -2.86. The van der Waals surface area contributed by atoms with Crippen molar-refractivity contribution in [1.82, 2.24) is 0 Å². The van der Waals surface area contributed by atoms with Gasteiger partial charge in [-0.05, 0) is 30.2 Å². The molecule has 2 rings (SSSR count). The summed E-state index contributed by atoms with van der Waals surface area (Å²) in [5.41, 5.74) is 1.28. The summed E-state index contributed by atoms with van der Waals surface area (Å²) in [5, 5.41) is 12.5. The zero-order chi connectivity index (χ0) is 21.6. The van der Waals surface area contributed by atoms with Crippen LogP contribution in [0.1, 0.15) is 36.5 Å². The maximum absolute atomic E-state index is 12.5. The fourth-order valence-electron chi connectivity index (χ4n) is 3.04. The number of methoxy groups -OCH3 is 4. The molecular formula is C19H23NO9. The van der Waals surface area contributed by atoms with E-state index in [-0.39, 0.29) is 25.0 Å². The third-order valence-corrected chi connectivity index (χ3v) is 4.57. The van der Waals surface area contributed by atoms with Crippen LogP contribution in [0.4, 0.5) is 0 Å². The molecule has 1 heterocycles. The van der Waals surface area contributed by atoms with E-state index in [1.165, 1.54) is 14.2 Å². The Bertz CT molecular complexity index is 802. The second-order valence-electron chi connectivity index (χ2n) is 6.16. The predicted octanol–water partition coefficient (Wildman–Crippen LogP) is 1.29. The standard InChI is InChI=1S/C19H23NO9/c1-25-11-5-6-12-13(9-11)16(10-14(18(22)27-3)19(23)28-4)29-20(24)15(12)7-8-17(21)26-2/h5-6,9,14,16H,7-8,10H2,1-4H3. The van der Waals surface area contributed by atoms with E-state index >= 15 is 0 Å². The van der Waals surface area contributed by atoms with Gasteiger partial charge in [0.05, 0.1) is 46.5 Å². The molecule has 0 amide bonds. The minimum atomic E-state index is -1.28. The highest BCUT2D eigenvalue weighted by Gasteiger charge is 2.37. The van der Waals surface area contributed by atoms with Crippen LogP contribution in [-0.4, -0.2) is 57.0 Å². The zero-order valence-electron chi connectivity index (χ0n) is 16.6. The summed E-state index contributed by atoms with van der Waals surface area (Å²) in [6, 6.07) is 4.97. The van der Waals surface area contributed by atoms with Crippen molar-refractivity contribution < 1.29 is 43.1 Å². The monoisotopic (exact) mass is 409 g/mol. The van der Waals surface area contributed by atoms with Crippen molar-refractivity contribution in [2.75, 3.05) is 28.4 Å². The lowest BCUT2D eigenvalue weighted by Gasteiger charge is -2.29. The molecule has 0 aliphatic carbocycles. The summed E-state index contributed by atoms with van der Waals surface area (Å²) in [7, 11) is 5.03. The van der Waals surface area contributed by atoms with Gasteiger partial charge in [0.15, 0.2) is 5.92 Å². The van der Waals surface area contributed by atoms with Crippen molar-refractivity contribution in [3.63, 3.8) is 0 Å². The molecule has 0 N–H and O–H groups in total. The first-order valence-electron chi connectivity index (χ1n) is 8.76. The van der Waals surface area contributed by atoms with Gasteiger partial charge in [0.1, 0.15) is 5.75 Å². The largest absolute Gasteiger partial charge is 0.497 e. The van der Waals surface area contributed by atoms with Crippen molar-refractivity contribution in [2.45, 2.75) is 25.4 Å². The average molecular weight is 409 g/mol. The number of ether oxygens (including phenoxy) is 4. The number of esters is 3. The third kappa shape index (κ3) is 4.95. The molecule has 0 aromatic heterocycles. The van der Waals surface area contributed by atoms with Crippen LogP contribution in [0.25, 0.3) is 0 Å². The molecule has 0 saturated heterocycles. The molecule has 1 aliphatic rings. The highest BCUT2D eigenvalue weighted by Crippen LogP contribution is 2.35. The molecular weight excluding hydrogens is 386 g/mol. The van der Waals surface area contributed by atoms with Gasteiger partial charge in [-0.25, -0.2) is 0 Å². The molecule has 1 aromatic rings. The third-order valence-electron chi connectivity index (χ3n) is 4.57. The van der Waals surface area contributed by atoms with E-state index in [0.717, 1.165) is 14.2 Å². The Labute approximate surface area is 167 Å². The van der Waals surface area contributed by atoms with E-state index < -0.39 is 29.9 Å². The van der Waals surface area contributed by atoms with Crippen LogP contribution in [0, 0.1) is 11.1 Å². The molecule has 0 bridgehead atoms. The van der Waals surface area contributed by atoms with E-state index in [4.69, 9.17) is 9.57 Å². The van der Waals surface area contributed by atoms with Crippen LogP contribution in [0.3, 0.4) is 0 Å². The van der Waals surface area contributed by atoms with E-state index in [1.807, 2.05) is 0 Å². The van der Waals surface area contributed by atoms with Crippen molar-refractivity contribution >= 4 is 23.6 Å². The number of carbonyl (C=O) groups is 3. The number of benzene rings is 1. The normalized spacial score (nSPS) is 15.3. The smallest absolute Gasteiger partial charge is 0.320 e. The summed E-state index contributed by atoms with van der Waals surface area (Å²) in [6.07, 6.45) is -1.05. The number of nitrogens with zero attached hydrogens (tertiary/aromatic N) is 1. The number of rotatable bonds is 8. The van der Waals surface area contributed by atoms with Gasteiger partial charge in [-0.3, -0.25) is 19.6 Å². The van der Waals surface area contributed by atoms with Crippen molar-refractivity contribution in [1.29, 1.82) is 0 Å². The van der Waals surface area contributed by atoms with Crippen molar-refractivity contribution in [3.05, 3.63) is 34.5 Å². The fourth-order valence-corrected chi connectivity index (χ4v) is 3.04. The maximum atomic E-state index is 12.5. The fraction of sp³-hybridized carbons (Fsp3) is 0.474. The lowest BCUT2D eigenvalue weighted by atomic mass is 9.90. The van der Waals surface area contributed by atoms with Gasteiger partial charge in [-0.2, -0.15) is 0 Å². The van der Waals surface area contributed by atoms with E-state index in [2.05, 4.69) is 14.2 Å². The summed E-state index contributed by atoms with van der Waals surface area (Å²) < 4.78 is 19.2. The van der Waals surface area contributed by atoms with Crippen LogP contribution in [0.2, 0.25) is 0 Å². The van der Waals surface area contributed by atoms with Gasteiger partial charge in [0, 0.05) is 11.3 Å². The number of fused-ring (bicyclic) bond motifs is 1. The Morgan fingerprint density at radius 1 is 1.10 bits per heavy atom. The molecule has 0 fully saturated rings. The number of carbonyl (C=O) groups excluding carboxylic acids is 3. The Balaban J connectivity index is 2.42. The van der Waals surface area contributed by atoms with Crippen LogP contribution >= 0.6 is 0 Å². The van der Waals surface area contributed by atoms with Gasteiger partial charge >= 0.3 is 17.9 Å². The highest BCUT2D eigenvalue weighted by atomic mass is 16.9. The minimum absolute atomic E-state index is 0.0168. The Morgan fingerprint density at radius 3 is 2.31 bits per heavy atom. The van der Waals surface area contributed by atoms with Crippen molar-refractivity contribution in [2.24, 2.45) is 5.92 Å². The average Bonchev–Trinajstić information content (AvgIpc) is 2.75. The van der Waals surface area contributed by atoms with Crippen molar-refractivity contribution in [3.8, 4) is 5.75 Å². The number of hydrogen-bond donors (Lipinski definition) is 0. The molecule has 158 valence electrons. The van der Waals surface area contributed by atoms with E-state index in [0.29, 0.717) is 21.8 Å². The Kier molecular flexibility index (Phi) is 7.40. The minimum Gasteiger partial charge on any atom is -0.497 e. The van der Waals surface area contributed by atoms with Gasteiger partial charge < -0.3 is 23.8 Å². The molecule has 10 nitrogen and oxygen atoms in total. The first-order chi connectivity index (χ1) is 13.9. The van der Waals surface area contributed by atoms with E-state index in [1.54, 1.807) is 18.2 Å². The first-order valence-corrected chi connectivity index (χ1v) is 8.76. The molecule has 1 unspecified atom stereocenters. The summed E-state index contributed by atoms with van der Waals surface area (Å²) in [4.78, 5) is 41.3. The molecule has 1 aliphatic heterocycles. The molecule has 0 radical (unpaired) electrons. The summed E-state index contributed by atoms with van der Waals surface area (Å²) in [6.45, 7) is 0. The molecule has 0 spiro atoms. The lowest BCUT2D eigenvalue weighted by molar-refractivity contribution is -0.758. The van der Waals surface area contributed by atoms with E-state index in [9.17, 15) is 19.6 Å².